The van der Waals surface area contributed by atoms with Crippen molar-refractivity contribution in [3.05, 3.63) is 28.7 Å². The Bertz CT molecular complexity index is 382. The summed E-state index contributed by atoms with van der Waals surface area (Å²) in [5.74, 6) is 0. The minimum absolute atomic E-state index is 0.712. The molecule has 1 aromatic carbocycles. The van der Waals surface area contributed by atoms with Gasteiger partial charge in [0.05, 0.1) is 0 Å². The van der Waals surface area contributed by atoms with E-state index in [1.807, 2.05) is 0 Å². The summed E-state index contributed by atoms with van der Waals surface area (Å²) >= 11 is 3.51. The Morgan fingerprint density at radius 1 is 0.833 bits per heavy atom. The van der Waals surface area contributed by atoms with Gasteiger partial charge in [-0.3, -0.25) is 0 Å². The van der Waals surface area contributed by atoms with Crippen molar-refractivity contribution in [1.29, 1.82) is 0 Å². The van der Waals surface area contributed by atoms with Crippen LogP contribution < -0.4 is 4.90 Å². The molecule has 0 N–H and O–H groups in total. The summed E-state index contributed by atoms with van der Waals surface area (Å²) in [6.45, 7) is 2.50. The highest BCUT2D eigenvalue weighted by Gasteiger charge is 2.35. The van der Waals surface area contributed by atoms with Crippen molar-refractivity contribution < 1.29 is 0 Å². The van der Waals surface area contributed by atoms with E-state index in [4.69, 9.17) is 0 Å². The minimum atomic E-state index is 0.712. The van der Waals surface area contributed by atoms with Crippen molar-refractivity contribution in [2.75, 3.05) is 18.0 Å². The number of hydrogen-bond acceptors (Lipinski definition) is 1. The van der Waals surface area contributed by atoms with Crippen molar-refractivity contribution in [2.45, 2.75) is 44.9 Å². The SMILES string of the molecule is Brc1ccc(N2CCC3(CCCCC3)CC2)cc1. The Labute approximate surface area is 119 Å². The Hall–Kier alpha value is -0.500. The molecule has 0 bridgehead atoms. The molecule has 0 amide bonds. The van der Waals surface area contributed by atoms with Crippen LogP contribution in [0, 0.1) is 5.41 Å². The van der Waals surface area contributed by atoms with Gasteiger partial charge in [-0.25, -0.2) is 0 Å². The number of benzene rings is 1. The molecule has 1 nitrogen and oxygen atoms in total. The van der Waals surface area contributed by atoms with Gasteiger partial charge in [-0.15, -0.1) is 0 Å². The fraction of sp³-hybridized carbons (Fsp3) is 0.625. The molecule has 0 aromatic heterocycles. The lowest BCUT2D eigenvalue weighted by molar-refractivity contribution is 0.144. The minimum Gasteiger partial charge on any atom is -0.371 e. The molecule has 1 saturated heterocycles. The zero-order valence-corrected chi connectivity index (χ0v) is 12.6. The lowest BCUT2D eigenvalue weighted by Crippen LogP contribution is -2.41. The molecule has 1 saturated carbocycles. The molecule has 1 aliphatic heterocycles. The van der Waals surface area contributed by atoms with E-state index in [-0.39, 0.29) is 0 Å². The van der Waals surface area contributed by atoms with E-state index in [1.165, 1.54) is 68.2 Å². The topological polar surface area (TPSA) is 3.24 Å². The van der Waals surface area contributed by atoms with E-state index in [9.17, 15) is 0 Å². The van der Waals surface area contributed by atoms with Crippen LogP contribution in [-0.4, -0.2) is 13.1 Å². The van der Waals surface area contributed by atoms with E-state index < -0.39 is 0 Å². The first kappa shape index (κ1) is 12.5. The zero-order chi connectivity index (χ0) is 12.4. The van der Waals surface area contributed by atoms with E-state index >= 15 is 0 Å². The van der Waals surface area contributed by atoms with E-state index in [1.54, 1.807) is 0 Å². The second-order valence-corrected chi connectivity index (χ2v) is 6.94. The highest BCUT2D eigenvalue weighted by atomic mass is 79.9. The predicted molar refractivity (Wildman–Crippen MR) is 81.1 cm³/mol. The third kappa shape index (κ3) is 2.59. The normalized spacial score (nSPS) is 23.3. The van der Waals surface area contributed by atoms with Gasteiger partial charge >= 0.3 is 0 Å². The second-order valence-electron chi connectivity index (χ2n) is 6.02. The summed E-state index contributed by atoms with van der Waals surface area (Å²) in [7, 11) is 0. The second kappa shape index (κ2) is 5.24. The van der Waals surface area contributed by atoms with Gasteiger partial charge < -0.3 is 4.90 Å². The van der Waals surface area contributed by atoms with Crippen molar-refractivity contribution in [1.82, 2.24) is 0 Å². The zero-order valence-electron chi connectivity index (χ0n) is 11.0. The lowest BCUT2D eigenvalue weighted by Gasteiger charge is -2.45. The molecule has 2 heteroatoms. The average molecular weight is 308 g/mol. The van der Waals surface area contributed by atoms with Crippen LogP contribution in [-0.2, 0) is 0 Å². The summed E-state index contributed by atoms with van der Waals surface area (Å²) in [6, 6.07) is 8.78. The number of piperidine rings is 1. The summed E-state index contributed by atoms with van der Waals surface area (Å²) in [6.07, 6.45) is 10.2. The van der Waals surface area contributed by atoms with Gasteiger partial charge in [0.25, 0.3) is 0 Å². The maximum atomic E-state index is 3.51. The Morgan fingerprint density at radius 3 is 2.06 bits per heavy atom. The van der Waals surface area contributed by atoms with Gasteiger partial charge in [-0.05, 0) is 55.4 Å². The number of anilines is 1. The number of nitrogens with zero attached hydrogens (tertiary/aromatic N) is 1. The Morgan fingerprint density at radius 2 is 1.44 bits per heavy atom. The standard InChI is InChI=1S/C16H22BrN/c17-14-4-6-15(7-5-14)18-12-10-16(11-13-18)8-2-1-3-9-16/h4-7H,1-3,8-13H2. The van der Waals surface area contributed by atoms with E-state index in [2.05, 4.69) is 45.1 Å². The van der Waals surface area contributed by atoms with Crippen LogP contribution in [0.25, 0.3) is 0 Å². The molecule has 1 heterocycles. The number of halogens is 1. The van der Waals surface area contributed by atoms with Crippen LogP contribution in [0.4, 0.5) is 5.69 Å². The lowest BCUT2D eigenvalue weighted by atomic mass is 9.68. The van der Waals surface area contributed by atoms with Crippen molar-refractivity contribution in [3.8, 4) is 0 Å². The van der Waals surface area contributed by atoms with Crippen molar-refractivity contribution in [3.63, 3.8) is 0 Å². The molecule has 0 radical (unpaired) electrons. The summed E-state index contributed by atoms with van der Waals surface area (Å²) in [5.41, 5.74) is 2.10. The molecule has 18 heavy (non-hydrogen) atoms. The first-order valence-electron chi connectivity index (χ1n) is 7.28. The molecule has 98 valence electrons. The quantitative estimate of drug-likeness (QED) is 0.705. The van der Waals surface area contributed by atoms with Gasteiger partial charge in [-0.2, -0.15) is 0 Å². The van der Waals surface area contributed by atoms with Crippen LogP contribution in [0.5, 0.6) is 0 Å². The van der Waals surface area contributed by atoms with Crippen molar-refractivity contribution in [2.24, 2.45) is 5.41 Å². The average Bonchev–Trinajstić information content (AvgIpc) is 2.42. The maximum Gasteiger partial charge on any atom is 0.0366 e. The van der Waals surface area contributed by atoms with Crippen LogP contribution in [0.1, 0.15) is 44.9 Å². The number of hydrogen-bond donors (Lipinski definition) is 0. The van der Waals surface area contributed by atoms with Crippen LogP contribution in [0.15, 0.2) is 28.7 Å². The Kier molecular flexibility index (Phi) is 3.65. The molecule has 3 rings (SSSR count). The molecule has 2 fully saturated rings. The molecule has 1 spiro atoms. The highest BCUT2D eigenvalue weighted by molar-refractivity contribution is 9.10. The summed E-state index contributed by atoms with van der Waals surface area (Å²) in [4.78, 5) is 2.56. The van der Waals surface area contributed by atoms with Crippen LogP contribution in [0.3, 0.4) is 0 Å². The van der Waals surface area contributed by atoms with Gasteiger partial charge in [-0.1, -0.05) is 35.2 Å². The van der Waals surface area contributed by atoms with Crippen molar-refractivity contribution >= 4 is 21.6 Å². The highest BCUT2D eigenvalue weighted by Crippen LogP contribution is 2.45. The maximum absolute atomic E-state index is 3.51. The largest absolute Gasteiger partial charge is 0.371 e. The first-order valence-corrected chi connectivity index (χ1v) is 8.07. The van der Waals surface area contributed by atoms with Gasteiger partial charge in [0, 0.05) is 23.2 Å². The van der Waals surface area contributed by atoms with Gasteiger partial charge in [0.15, 0.2) is 0 Å². The fourth-order valence-corrected chi connectivity index (χ4v) is 3.96. The molecular weight excluding hydrogens is 286 g/mol. The molecule has 1 aliphatic carbocycles. The monoisotopic (exact) mass is 307 g/mol. The predicted octanol–water partition coefficient (Wildman–Crippen LogP) is 5.00. The van der Waals surface area contributed by atoms with Gasteiger partial charge in [0.1, 0.15) is 0 Å². The first-order chi connectivity index (χ1) is 8.77. The van der Waals surface area contributed by atoms with E-state index in [0.29, 0.717) is 5.41 Å². The summed E-state index contributed by atoms with van der Waals surface area (Å²) in [5, 5.41) is 0. The molecular formula is C16H22BrN. The molecule has 0 unspecified atom stereocenters. The third-order valence-corrected chi connectivity index (χ3v) is 5.46. The summed E-state index contributed by atoms with van der Waals surface area (Å²) < 4.78 is 1.17. The fourth-order valence-electron chi connectivity index (χ4n) is 3.69. The van der Waals surface area contributed by atoms with Crippen LogP contribution >= 0.6 is 15.9 Å². The molecule has 1 aromatic rings. The third-order valence-electron chi connectivity index (χ3n) is 4.93. The molecule has 2 aliphatic rings. The molecule has 0 atom stereocenters. The van der Waals surface area contributed by atoms with Gasteiger partial charge in [0.2, 0.25) is 0 Å². The smallest absolute Gasteiger partial charge is 0.0366 e. The number of rotatable bonds is 1. The Balaban J connectivity index is 1.64. The van der Waals surface area contributed by atoms with E-state index in [0.717, 1.165) is 0 Å². The van der Waals surface area contributed by atoms with Crippen LogP contribution in [0.2, 0.25) is 0 Å².